The minimum atomic E-state index is -0.264. The van der Waals surface area contributed by atoms with Crippen molar-refractivity contribution in [3.05, 3.63) is 71.2 Å². The molecule has 0 saturated carbocycles. The molecule has 0 radical (unpaired) electrons. The fourth-order valence-electron chi connectivity index (χ4n) is 3.57. The Morgan fingerprint density at radius 1 is 1.14 bits per heavy atom. The van der Waals surface area contributed by atoms with Crippen molar-refractivity contribution in [2.24, 2.45) is 0 Å². The van der Waals surface area contributed by atoms with Crippen molar-refractivity contribution in [3.63, 3.8) is 0 Å². The number of hydrogen-bond acceptors (Lipinski definition) is 4. The van der Waals surface area contributed by atoms with Gasteiger partial charge in [-0.1, -0.05) is 0 Å². The van der Waals surface area contributed by atoms with E-state index in [0.717, 1.165) is 58.9 Å². The van der Waals surface area contributed by atoms with Gasteiger partial charge < -0.3 is 0 Å². The van der Waals surface area contributed by atoms with Gasteiger partial charge in [-0.2, -0.15) is 0 Å². The number of aryl methyl sites for hydroxylation is 1. The summed E-state index contributed by atoms with van der Waals surface area (Å²) < 4.78 is 7.56. The van der Waals surface area contributed by atoms with Gasteiger partial charge in [0.05, 0.1) is 0 Å². The molecule has 0 spiro atoms. The molecule has 1 aromatic carbocycles. The molecule has 3 aliphatic rings. The molecule has 0 aliphatic carbocycles. The molecule has 4 rings (SSSR count). The fourth-order valence-corrected chi connectivity index (χ4v) is 5.98. The number of nitrogens with zero attached hydrogens (tertiary/aromatic N) is 2. The fraction of sp³-hybridized carbons (Fsp3) is 0.318. The molecule has 0 bridgehead atoms. The number of fused-ring (bicyclic) bond motifs is 1. The van der Waals surface area contributed by atoms with E-state index in [1.165, 1.54) is 3.58 Å². The Morgan fingerprint density at radius 2 is 1.93 bits per heavy atom. The van der Waals surface area contributed by atoms with Crippen LogP contribution in [0.5, 0.6) is 5.75 Å². The van der Waals surface area contributed by atoms with E-state index in [9.17, 15) is 4.79 Å². The Labute approximate surface area is 176 Å². The van der Waals surface area contributed by atoms with E-state index in [0.29, 0.717) is 0 Å². The summed E-state index contributed by atoms with van der Waals surface area (Å²) in [5.41, 5.74) is 4.33. The molecule has 0 unspecified atom stereocenters. The number of hydrogen-bond donors (Lipinski definition) is 1. The third kappa shape index (κ3) is 4.03. The van der Waals surface area contributed by atoms with Gasteiger partial charge in [0.15, 0.2) is 0 Å². The quantitative estimate of drug-likeness (QED) is 0.458. The number of carbonyl (C=O) groups is 1. The molecule has 148 valence electrons. The number of rotatable bonds is 3. The van der Waals surface area contributed by atoms with Crippen LogP contribution in [0.4, 0.5) is 0 Å². The van der Waals surface area contributed by atoms with Crippen molar-refractivity contribution >= 4 is 9.49 Å². The van der Waals surface area contributed by atoms with Gasteiger partial charge in [-0.3, -0.25) is 0 Å². The van der Waals surface area contributed by atoms with Gasteiger partial charge in [0.25, 0.3) is 0 Å². The number of allylic oxidation sites excluding steroid dienone is 3. The van der Waals surface area contributed by atoms with Crippen LogP contribution < -0.4 is 31.3 Å². The topological polar surface area (TPSA) is 44.8 Å². The molecule has 6 heteroatoms. The first-order valence-corrected chi connectivity index (χ1v) is 12.1. The summed E-state index contributed by atoms with van der Waals surface area (Å²) in [6, 6.07) is 6.18. The molecule has 28 heavy (non-hydrogen) atoms. The van der Waals surface area contributed by atoms with Crippen molar-refractivity contribution in [3.8, 4) is 5.75 Å². The molecule has 1 fully saturated rings. The van der Waals surface area contributed by atoms with Crippen LogP contribution in [0.1, 0.15) is 11.1 Å². The predicted octanol–water partition coefficient (Wildman–Crippen LogP) is -0.524. The summed E-state index contributed by atoms with van der Waals surface area (Å²) in [6.45, 7) is 5.94. The molecule has 1 saturated heterocycles. The SMILES string of the molecule is COc1ccc(/C2=C/C(=O)N3C=C(N4CCNCC4)C=C/C3=C\C[I-]2)cc1C. The first kappa shape index (κ1) is 19.3. The predicted molar refractivity (Wildman–Crippen MR) is 107 cm³/mol. The van der Waals surface area contributed by atoms with Gasteiger partial charge >= 0.3 is 177 Å². The van der Waals surface area contributed by atoms with Crippen molar-refractivity contribution in [2.45, 2.75) is 6.92 Å². The van der Waals surface area contributed by atoms with Crippen LogP contribution in [0.2, 0.25) is 0 Å². The van der Waals surface area contributed by atoms with Gasteiger partial charge in [0.2, 0.25) is 0 Å². The van der Waals surface area contributed by atoms with E-state index in [2.05, 4.69) is 40.6 Å². The Bertz CT molecular complexity index is 895. The second kappa shape index (κ2) is 8.53. The van der Waals surface area contributed by atoms with Gasteiger partial charge in [-0.05, 0) is 0 Å². The Kier molecular flexibility index (Phi) is 5.87. The molecule has 0 atom stereocenters. The van der Waals surface area contributed by atoms with E-state index >= 15 is 0 Å². The summed E-state index contributed by atoms with van der Waals surface area (Å²) >= 11 is -0.264. The van der Waals surface area contributed by atoms with Crippen LogP contribution in [0, 0.1) is 6.92 Å². The molecule has 5 nitrogen and oxygen atoms in total. The standard InChI is InChI=1S/C22H25IN3O2/c1-16-13-17(3-6-21(16)28-2)20-14-22(27)26-15-19(25-11-9-24-10-12-25)5-4-18(26)7-8-23-20/h3-7,13-15,24H,8-12H2,1-2H3/q-1/b18-7+,20-14-. The zero-order chi connectivity index (χ0) is 19.5. The summed E-state index contributed by atoms with van der Waals surface area (Å²) in [5.74, 6) is 0.915. The molecular formula is C22H25IN3O2-. The van der Waals surface area contributed by atoms with Crippen LogP contribution in [-0.2, 0) is 4.79 Å². The Balaban J connectivity index is 1.61. The number of methoxy groups -OCH3 is 1. The minimum absolute atomic E-state index is 0.0334. The normalized spacial score (nSPS) is 23.9. The van der Waals surface area contributed by atoms with E-state index in [1.54, 1.807) is 12.0 Å². The second-order valence-corrected chi connectivity index (χ2v) is 9.73. The summed E-state index contributed by atoms with van der Waals surface area (Å²) in [6.07, 6.45) is 10.3. The maximum absolute atomic E-state index is 13.1. The number of alkyl halides is 1. The van der Waals surface area contributed by atoms with Gasteiger partial charge in [-0.15, -0.1) is 0 Å². The van der Waals surface area contributed by atoms with Crippen molar-refractivity contribution in [1.29, 1.82) is 0 Å². The monoisotopic (exact) mass is 490 g/mol. The second-order valence-electron chi connectivity index (χ2n) is 6.93. The molecule has 1 N–H and O–H groups in total. The van der Waals surface area contributed by atoms with E-state index in [1.807, 2.05) is 25.3 Å². The van der Waals surface area contributed by atoms with Crippen LogP contribution in [0.15, 0.2) is 60.1 Å². The Hall–Kier alpha value is -2.06. The molecule has 1 aromatic rings. The third-order valence-electron chi connectivity index (χ3n) is 5.11. The van der Waals surface area contributed by atoms with E-state index in [4.69, 9.17) is 4.74 Å². The maximum atomic E-state index is 13.1. The van der Waals surface area contributed by atoms with Gasteiger partial charge in [-0.25, -0.2) is 0 Å². The molecule has 3 heterocycles. The number of ether oxygens (including phenoxy) is 1. The van der Waals surface area contributed by atoms with Crippen molar-refractivity contribution in [2.75, 3.05) is 37.7 Å². The van der Waals surface area contributed by atoms with Gasteiger partial charge in [0.1, 0.15) is 0 Å². The van der Waals surface area contributed by atoms with Crippen molar-refractivity contribution in [1.82, 2.24) is 15.1 Å². The number of nitrogens with one attached hydrogen (secondary N) is 1. The van der Waals surface area contributed by atoms with Crippen LogP contribution in [0.25, 0.3) is 3.58 Å². The first-order valence-electron chi connectivity index (χ1n) is 9.50. The Morgan fingerprint density at radius 3 is 2.68 bits per heavy atom. The number of halogens is 1. The van der Waals surface area contributed by atoms with Crippen molar-refractivity contribution < 1.29 is 30.7 Å². The number of carbonyl (C=O) groups excluding carboxylic acids is 1. The third-order valence-corrected chi connectivity index (χ3v) is 7.75. The van der Waals surface area contributed by atoms with Gasteiger partial charge in [0, 0.05) is 0 Å². The molecule has 3 aliphatic heterocycles. The first-order chi connectivity index (χ1) is 13.7. The number of amides is 1. The average Bonchev–Trinajstić information content (AvgIpc) is 2.72. The summed E-state index contributed by atoms with van der Waals surface area (Å²) in [5, 5.41) is 3.37. The van der Waals surface area contributed by atoms with E-state index in [-0.39, 0.29) is 27.1 Å². The summed E-state index contributed by atoms with van der Waals surface area (Å²) in [7, 11) is 1.69. The van der Waals surface area contributed by atoms with Crippen LogP contribution in [0.3, 0.4) is 0 Å². The summed E-state index contributed by atoms with van der Waals surface area (Å²) in [4.78, 5) is 17.2. The molecule has 0 aromatic heterocycles. The number of benzene rings is 1. The number of piperazine rings is 1. The van der Waals surface area contributed by atoms with E-state index < -0.39 is 0 Å². The zero-order valence-corrected chi connectivity index (χ0v) is 18.4. The van der Waals surface area contributed by atoms with Crippen LogP contribution in [-0.4, -0.2) is 53.4 Å². The van der Waals surface area contributed by atoms with Crippen LogP contribution >= 0.6 is 0 Å². The molecule has 1 amide bonds. The zero-order valence-electron chi connectivity index (χ0n) is 16.2. The molecular weight excluding hydrogens is 465 g/mol. The average molecular weight is 490 g/mol.